The molecule has 3 heteroatoms. The number of hydrogen-bond acceptors (Lipinski definition) is 2. The quantitative estimate of drug-likeness (QED) is 0.796. The van der Waals surface area contributed by atoms with Gasteiger partial charge in [-0.3, -0.25) is 0 Å². The normalized spacial score (nSPS) is 15.4. The highest BCUT2D eigenvalue weighted by Crippen LogP contribution is 2.30. The van der Waals surface area contributed by atoms with Crippen molar-refractivity contribution in [1.29, 1.82) is 0 Å². The van der Waals surface area contributed by atoms with Crippen molar-refractivity contribution in [1.82, 2.24) is 0 Å². The van der Waals surface area contributed by atoms with Crippen molar-refractivity contribution in [3.63, 3.8) is 0 Å². The summed E-state index contributed by atoms with van der Waals surface area (Å²) >= 11 is 2.35. The van der Waals surface area contributed by atoms with Gasteiger partial charge in [0.15, 0.2) is 0 Å². The van der Waals surface area contributed by atoms with Gasteiger partial charge in [0.2, 0.25) is 0 Å². The minimum absolute atomic E-state index is 0.482. The van der Waals surface area contributed by atoms with Gasteiger partial charge < -0.3 is 9.64 Å². The highest BCUT2D eigenvalue weighted by atomic mass is 127. The Balaban J connectivity index is 2.16. The van der Waals surface area contributed by atoms with E-state index in [1.54, 1.807) is 0 Å². The Bertz CT molecular complexity index is 334. The minimum Gasteiger partial charge on any atom is -0.490 e. The lowest BCUT2D eigenvalue weighted by molar-refractivity contribution is 0.303. The topological polar surface area (TPSA) is 12.5 Å². The predicted molar refractivity (Wildman–Crippen MR) is 67.1 cm³/mol. The van der Waals surface area contributed by atoms with Crippen molar-refractivity contribution in [3.05, 3.63) is 21.8 Å². The molecule has 1 aliphatic carbocycles. The zero-order valence-electron chi connectivity index (χ0n) is 8.46. The molecule has 0 N–H and O–H groups in total. The van der Waals surface area contributed by atoms with Crippen molar-refractivity contribution in [3.8, 4) is 5.75 Å². The highest BCUT2D eigenvalue weighted by Gasteiger charge is 2.23. The van der Waals surface area contributed by atoms with E-state index in [0.29, 0.717) is 6.10 Å². The van der Waals surface area contributed by atoms with E-state index in [-0.39, 0.29) is 0 Å². The predicted octanol–water partition coefficient (Wildman–Crippen LogP) is 2.90. The molecule has 1 aromatic rings. The molecule has 76 valence electrons. The van der Waals surface area contributed by atoms with Crippen LogP contribution in [0.15, 0.2) is 18.2 Å². The second-order valence-electron chi connectivity index (χ2n) is 3.82. The van der Waals surface area contributed by atoms with Crippen LogP contribution in [0.25, 0.3) is 0 Å². The molecular weight excluding hydrogens is 289 g/mol. The summed E-state index contributed by atoms with van der Waals surface area (Å²) in [6.45, 7) is 0. The third-order valence-electron chi connectivity index (χ3n) is 2.23. The first-order valence-corrected chi connectivity index (χ1v) is 5.88. The van der Waals surface area contributed by atoms with Crippen LogP contribution in [0.1, 0.15) is 12.8 Å². The number of anilines is 1. The molecule has 0 unspecified atom stereocenters. The Morgan fingerprint density at radius 3 is 2.57 bits per heavy atom. The molecule has 1 aromatic carbocycles. The summed E-state index contributed by atoms with van der Waals surface area (Å²) in [5.74, 6) is 1.00. The molecule has 1 fully saturated rings. The van der Waals surface area contributed by atoms with Gasteiger partial charge in [0.25, 0.3) is 0 Å². The summed E-state index contributed by atoms with van der Waals surface area (Å²) < 4.78 is 6.96. The van der Waals surface area contributed by atoms with E-state index in [9.17, 15) is 0 Å². The number of ether oxygens (including phenoxy) is 1. The first kappa shape index (κ1) is 10.1. The van der Waals surface area contributed by atoms with Crippen molar-refractivity contribution in [2.24, 2.45) is 0 Å². The molecule has 0 aromatic heterocycles. The molecule has 0 heterocycles. The molecule has 14 heavy (non-hydrogen) atoms. The molecular formula is C11H14INO. The number of nitrogens with zero attached hydrogens (tertiary/aromatic N) is 1. The van der Waals surface area contributed by atoms with Crippen molar-refractivity contribution in [2.45, 2.75) is 18.9 Å². The van der Waals surface area contributed by atoms with Gasteiger partial charge in [-0.25, -0.2) is 0 Å². The summed E-state index contributed by atoms with van der Waals surface area (Å²) in [5, 5.41) is 0. The molecule has 0 bridgehead atoms. The van der Waals surface area contributed by atoms with Gasteiger partial charge in [-0.2, -0.15) is 0 Å². The summed E-state index contributed by atoms with van der Waals surface area (Å²) in [5.41, 5.74) is 1.24. The maximum atomic E-state index is 5.72. The van der Waals surface area contributed by atoms with Gasteiger partial charge >= 0.3 is 0 Å². The van der Waals surface area contributed by atoms with Crippen molar-refractivity contribution < 1.29 is 4.74 Å². The van der Waals surface area contributed by atoms with E-state index in [2.05, 4.69) is 59.8 Å². The number of benzene rings is 1. The average molecular weight is 303 g/mol. The molecule has 0 aliphatic heterocycles. The van der Waals surface area contributed by atoms with Gasteiger partial charge in [-0.05, 0) is 53.6 Å². The fourth-order valence-corrected chi connectivity index (χ4v) is 2.27. The summed E-state index contributed by atoms with van der Waals surface area (Å²) in [4.78, 5) is 2.11. The maximum absolute atomic E-state index is 5.72. The molecule has 1 saturated carbocycles. The standard InChI is InChI=1S/C11H14INO/c1-13(2)11-6-5-9(7-10(11)12)14-8-3-4-8/h5-8H,3-4H2,1-2H3. The first-order valence-electron chi connectivity index (χ1n) is 4.80. The fourth-order valence-electron chi connectivity index (χ4n) is 1.30. The second kappa shape index (κ2) is 3.96. The van der Waals surface area contributed by atoms with Crippen LogP contribution in [0.4, 0.5) is 5.69 Å². The van der Waals surface area contributed by atoms with Crippen LogP contribution in [0, 0.1) is 3.57 Å². The SMILES string of the molecule is CN(C)c1ccc(OC2CC2)cc1I. The molecule has 0 atom stereocenters. The molecule has 0 amide bonds. The highest BCUT2D eigenvalue weighted by molar-refractivity contribution is 14.1. The maximum Gasteiger partial charge on any atom is 0.120 e. The third kappa shape index (κ3) is 2.32. The van der Waals surface area contributed by atoms with Crippen LogP contribution < -0.4 is 9.64 Å². The van der Waals surface area contributed by atoms with Crippen LogP contribution in [0.2, 0.25) is 0 Å². The average Bonchev–Trinajstić information content (AvgIpc) is 2.87. The van der Waals surface area contributed by atoms with Gasteiger partial charge in [0.05, 0.1) is 6.10 Å². The molecule has 0 radical (unpaired) electrons. The molecule has 2 nitrogen and oxygen atoms in total. The van der Waals surface area contributed by atoms with Gasteiger partial charge in [0, 0.05) is 23.4 Å². The summed E-state index contributed by atoms with van der Waals surface area (Å²) in [7, 11) is 4.11. The van der Waals surface area contributed by atoms with E-state index in [4.69, 9.17) is 4.74 Å². The van der Waals surface area contributed by atoms with E-state index >= 15 is 0 Å². The first-order chi connectivity index (χ1) is 6.66. The fraction of sp³-hybridized carbons (Fsp3) is 0.455. The van der Waals surface area contributed by atoms with Crippen LogP contribution in [-0.2, 0) is 0 Å². The van der Waals surface area contributed by atoms with Crippen LogP contribution >= 0.6 is 22.6 Å². The Morgan fingerprint density at radius 2 is 2.07 bits per heavy atom. The van der Waals surface area contributed by atoms with Gasteiger partial charge in [-0.1, -0.05) is 0 Å². The number of rotatable bonds is 3. The summed E-state index contributed by atoms with van der Waals surface area (Å²) in [6, 6.07) is 6.27. The van der Waals surface area contributed by atoms with E-state index in [0.717, 1.165) is 5.75 Å². The lowest BCUT2D eigenvalue weighted by atomic mass is 10.3. The van der Waals surface area contributed by atoms with Crippen molar-refractivity contribution in [2.75, 3.05) is 19.0 Å². The van der Waals surface area contributed by atoms with E-state index < -0.39 is 0 Å². The third-order valence-corrected chi connectivity index (χ3v) is 3.09. The molecule has 0 spiro atoms. The van der Waals surface area contributed by atoms with Crippen molar-refractivity contribution >= 4 is 28.3 Å². The van der Waals surface area contributed by atoms with E-state index in [1.165, 1.54) is 22.1 Å². The minimum atomic E-state index is 0.482. The Hall–Kier alpha value is -0.450. The molecule has 2 rings (SSSR count). The van der Waals surface area contributed by atoms with Crippen LogP contribution in [-0.4, -0.2) is 20.2 Å². The monoisotopic (exact) mass is 303 g/mol. The Morgan fingerprint density at radius 1 is 1.36 bits per heavy atom. The van der Waals surface area contributed by atoms with Gasteiger partial charge in [0.1, 0.15) is 5.75 Å². The number of halogens is 1. The Labute approximate surface area is 98.4 Å². The Kier molecular flexibility index (Phi) is 2.85. The largest absolute Gasteiger partial charge is 0.490 e. The van der Waals surface area contributed by atoms with Gasteiger partial charge in [-0.15, -0.1) is 0 Å². The second-order valence-corrected chi connectivity index (χ2v) is 4.99. The zero-order chi connectivity index (χ0) is 10.1. The lowest BCUT2D eigenvalue weighted by Gasteiger charge is -2.15. The van der Waals surface area contributed by atoms with Crippen LogP contribution in [0.3, 0.4) is 0 Å². The number of hydrogen-bond donors (Lipinski definition) is 0. The molecule has 0 saturated heterocycles. The van der Waals surface area contributed by atoms with E-state index in [1.807, 2.05) is 0 Å². The lowest BCUT2D eigenvalue weighted by Crippen LogP contribution is -2.10. The summed E-state index contributed by atoms with van der Waals surface area (Å²) in [6.07, 6.45) is 2.91. The van der Waals surface area contributed by atoms with Crippen LogP contribution in [0.5, 0.6) is 5.75 Å². The zero-order valence-corrected chi connectivity index (χ0v) is 10.6. The smallest absolute Gasteiger partial charge is 0.120 e. The molecule has 1 aliphatic rings.